The van der Waals surface area contributed by atoms with Gasteiger partial charge in [0, 0.05) is 30.8 Å². The highest BCUT2D eigenvalue weighted by Gasteiger charge is 2.25. The molecule has 48 heavy (non-hydrogen) atoms. The van der Waals surface area contributed by atoms with Crippen LogP contribution < -0.4 is 25.0 Å². The van der Waals surface area contributed by atoms with Gasteiger partial charge in [-0.15, -0.1) is 0 Å². The van der Waals surface area contributed by atoms with Gasteiger partial charge in [0.05, 0.1) is 37.2 Å². The van der Waals surface area contributed by atoms with Crippen LogP contribution in [-0.2, 0) is 16.4 Å². The summed E-state index contributed by atoms with van der Waals surface area (Å²) >= 11 is 0. The molecule has 0 saturated heterocycles. The second-order valence-electron chi connectivity index (χ2n) is 11.8. The number of methoxy groups -OCH3 is 1. The van der Waals surface area contributed by atoms with E-state index in [-0.39, 0.29) is 29.4 Å². The van der Waals surface area contributed by atoms with Crippen molar-refractivity contribution in [3.05, 3.63) is 131 Å². The van der Waals surface area contributed by atoms with Crippen molar-refractivity contribution in [2.24, 2.45) is 0 Å². The molecule has 0 aliphatic carbocycles. The number of carbonyl (C=O) groups is 2. The van der Waals surface area contributed by atoms with Crippen LogP contribution in [-0.4, -0.2) is 64.4 Å². The second-order valence-corrected chi connectivity index (χ2v) is 13.9. The van der Waals surface area contributed by atoms with Crippen LogP contribution in [0.15, 0.2) is 103 Å². The minimum absolute atomic E-state index is 0.0430. The van der Waals surface area contributed by atoms with Gasteiger partial charge in [0.2, 0.25) is 10.0 Å². The molecular weight excluding hydrogens is 628 g/mol. The summed E-state index contributed by atoms with van der Waals surface area (Å²) in [6, 6.07) is 29.7. The molecule has 0 aliphatic rings. The topological polar surface area (TPSA) is 137 Å². The largest absolute Gasteiger partial charge is 0.497 e. The molecule has 2 amide bonds. The molecule has 4 atom stereocenters. The highest BCUT2D eigenvalue weighted by molar-refractivity contribution is 7.92. The SMILES string of the molecule is COc1ccc([C@@H](C)NC(=O)c2cc(C(=O)N[C@@H](Cc3ccccc3)[C@H](O)CN[C@@H](C)c3ccccc3)cc(N(C)S(C)(=O)=O)c2)cc1. The summed E-state index contributed by atoms with van der Waals surface area (Å²) < 4.78 is 31.2. The highest BCUT2D eigenvalue weighted by Crippen LogP contribution is 2.23. The molecule has 4 rings (SSSR count). The molecule has 0 unspecified atom stereocenters. The molecule has 0 spiro atoms. The first-order valence-corrected chi connectivity index (χ1v) is 17.6. The summed E-state index contributed by atoms with van der Waals surface area (Å²) in [6.07, 6.45) is 0.404. The molecule has 10 nitrogen and oxygen atoms in total. The van der Waals surface area contributed by atoms with E-state index in [0.29, 0.717) is 12.2 Å². The molecule has 0 bridgehead atoms. The first-order valence-electron chi connectivity index (χ1n) is 15.7. The van der Waals surface area contributed by atoms with E-state index in [1.165, 1.54) is 25.2 Å². The fraction of sp³-hybridized carbons (Fsp3) is 0.297. The van der Waals surface area contributed by atoms with Gasteiger partial charge in [-0.25, -0.2) is 8.42 Å². The van der Waals surface area contributed by atoms with Crippen molar-refractivity contribution in [2.75, 3.05) is 31.3 Å². The number of benzene rings is 4. The van der Waals surface area contributed by atoms with Gasteiger partial charge in [0.25, 0.3) is 11.8 Å². The van der Waals surface area contributed by atoms with E-state index in [1.807, 2.05) is 86.6 Å². The van der Waals surface area contributed by atoms with Crippen molar-refractivity contribution in [3.63, 3.8) is 0 Å². The Balaban J connectivity index is 1.59. The van der Waals surface area contributed by atoms with E-state index in [1.54, 1.807) is 19.2 Å². The number of aliphatic hydroxyl groups excluding tert-OH is 1. The molecule has 4 aromatic carbocycles. The van der Waals surface area contributed by atoms with E-state index in [2.05, 4.69) is 16.0 Å². The van der Waals surface area contributed by atoms with E-state index in [9.17, 15) is 23.1 Å². The lowest BCUT2D eigenvalue weighted by Crippen LogP contribution is -2.49. The van der Waals surface area contributed by atoms with E-state index < -0.39 is 40.0 Å². The fourth-order valence-corrected chi connectivity index (χ4v) is 5.69. The second kappa shape index (κ2) is 16.4. The summed E-state index contributed by atoms with van der Waals surface area (Å²) in [5.74, 6) is -0.371. The van der Waals surface area contributed by atoms with Gasteiger partial charge < -0.3 is 25.8 Å². The summed E-state index contributed by atoms with van der Waals surface area (Å²) in [5.41, 5.74) is 3.13. The smallest absolute Gasteiger partial charge is 0.251 e. The molecule has 4 N–H and O–H groups in total. The molecule has 0 heterocycles. The van der Waals surface area contributed by atoms with Crippen molar-refractivity contribution in [1.29, 1.82) is 0 Å². The molecule has 11 heteroatoms. The van der Waals surface area contributed by atoms with Gasteiger partial charge in [0.1, 0.15) is 5.75 Å². The zero-order valence-electron chi connectivity index (χ0n) is 27.9. The van der Waals surface area contributed by atoms with Crippen molar-refractivity contribution in [3.8, 4) is 5.75 Å². The molecule has 0 aromatic heterocycles. The molecule has 4 aromatic rings. The average molecular weight is 673 g/mol. The van der Waals surface area contributed by atoms with Crippen molar-refractivity contribution >= 4 is 27.5 Å². The first-order chi connectivity index (χ1) is 22.8. The first kappa shape index (κ1) is 36.1. The Morgan fingerprint density at radius 2 is 1.33 bits per heavy atom. The van der Waals surface area contributed by atoms with Crippen LogP contribution in [0, 0.1) is 0 Å². The number of carbonyl (C=O) groups excluding carboxylic acids is 2. The van der Waals surface area contributed by atoms with E-state index in [4.69, 9.17) is 4.74 Å². The van der Waals surface area contributed by atoms with Gasteiger partial charge in [-0.3, -0.25) is 13.9 Å². The number of anilines is 1. The Hall–Kier alpha value is -4.71. The van der Waals surface area contributed by atoms with E-state index >= 15 is 0 Å². The molecule has 0 saturated carbocycles. The number of nitrogens with one attached hydrogen (secondary N) is 3. The van der Waals surface area contributed by atoms with Crippen LogP contribution in [0.2, 0.25) is 0 Å². The van der Waals surface area contributed by atoms with Gasteiger partial charge >= 0.3 is 0 Å². The zero-order chi connectivity index (χ0) is 34.8. The van der Waals surface area contributed by atoms with Crippen LogP contribution in [0.1, 0.15) is 63.3 Å². The quantitative estimate of drug-likeness (QED) is 0.145. The molecule has 254 valence electrons. The minimum atomic E-state index is -3.72. The predicted octanol–water partition coefficient (Wildman–Crippen LogP) is 4.63. The number of sulfonamides is 1. The maximum Gasteiger partial charge on any atom is 0.251 e. The Morgan fingerprint density at radius 1 is 0.792 bits per heavy atom. The Morgan fingerprint density at radius 3 is 1.90 bits per heavy atom. The van der Waals surface area contributed by atoms with Gasteiger partial charge in [0.15, 0.2) is 0 Å². The van der Waals surface area contributed by atoms with Crippen LogP contribution in [0.5, 0.6) is 5.75 Å². The molecule has 0 fully saturated rings. The predicted molar refractivity (Wildman–Crippen MR) is 189 cm³/mol. The third-order valence-electron chi connectivity index (χ3n) is 8.28. The summed E-state index contributed by atoms with van der Waals surface area (Å²) in [7, 11) is -0.791. The number of hydrogen-bond donors (Lipinski definition) is 4. The van der Waals surface area contributed by atoms with Gasteiger partial charge in [-0.1, -0.05) is 72.8 Å². The summed E-state index contributed by atoms with van der Waals surface area (Å²) in [5, 5.41) is 20.6. The van der Waals surface area contributed by atoms with Crippen LogP contribution >= 0.6 is 0 Å². The summed E-state index contributed by atoms with van der Waals surface area (Å²) in [4.78, 5) is 27.4. The van der Waals surface area contributed by atoms with Crippen molar-refractivity contribution in [1.82, 2.24) is 16.0 Å². The Kier molecular flexibility index (Phi) is 12.4. The van der Waals surface area contributed by atoms with E-state index in [0.717, 1.165) is 27.3 Å². The monoisotopic (exact) mass is 672 g/mol. The van der Waals surface area contributed by atoms with Crippen LogP contribution in [0.25, 0.3) is 0 Å². The maximum absolute atomic E-state index is 13.9. The maximum atomic E-state index is 13.9. The Bertz CT molecular complexity index is 1770. The number of amides is 2. The van der Waals surface area contributed by atoms with Crippen molar-refractivity contribution < 1.29 is 27.9 Å². The standard InChI is InChI=1S/C37H44N4O6S/c1-25(28-14-10-7-11-15-28)38-24-35(42)34(20-27-12-8-6-9-13-27)40-37(44)31-21-30(22-32(23-31)41(3)48(5,45)46)36(43)39-26(2)29-16-18-33(47-4)19-17-29/h6-19,21-23,25-26,34-35,38,42H,20,24H2,1-5H3,(H,39,43)(H,40,44)/t25-,26+,34-,35+/m0/s1. The molecule has 0 aliphatic heterocycles. The van der Waals surface area contributed by atoms with Gasteiger partial charge in [-0.05, 0) is 67.3 Å². The third-order valence-corrected chi connectivity index (χ3v) is 9.48. The molecule has 0 radical (unpaired) electrons. The minimum Gasteiger partial charge on any atom is -0.497 e. The number of hydrogen-bond acceptors (Lipinski definition) is 7. The highest BCUT2D eigenvalue weighted by atomic mass is 32.2. The number of nitrogens with zero attached hydrogens (tertiary/aromatic N) is 1. The summed E-state index contributed by atoms with van der Waals surface area (Å²) in [6.45, 7) is 4.02. The van der Waals surface area contributed by atoms with Gasteiger partial charge in [-0.2, -0.15) is 0 Å². The number of aliphatic hydroxyl groups is 1. The zero-order valence-corrected chi connectivity index (χ0v) is 28.7. The van der Waals surface area contributed by atoms with Crippen LogP contribution in [0.4, 0.5) is 5.69 Å². The van der Waals surface area contributed by atoms with Crippen LogP contribution in [0.3, 0.4) is 0 Å². The lowest BCUT2D eigenvalue weighted by molar-refractivity contribution is 0.0825. The average Bonchev–Trinajstić information content (AvgIpc) is 3.09. The number of rotatable bonds is 15. The third kappa shape index (κ3) is 9.90. The molecular formula is C37H44N4O6S. The van der Waals surface area contributed by atoms with Crippen molar-refractivity contribution in [2.45, 2.75) is 44.5 Å². The lowest BCUT2D eigenvalue weighted by Gasteiger charge is -2.27. The Labute approximate surface area is 283 Å². The normalized spacial score (nSPS) is 13.9. The fourth-order valence-electron chi connectivity index (χ4n) is 5.20. The number of ether oxygens (including phenoxy) is 1. The lowest BCUT2D eigenvalue weighted by atomic mass is 9.99.